The molecule has 0 radical (unpaired) electrons. The first-order valence-electron chi connectivity index (χ1n) is 5.30. The maximum atomic E-state index is 4.46. The summed E-state index contributed by atoms with van der Waals surface area (Å²) in [6.07, 6.45) is 14.9. The Bertz CT molecular complexity index is 520. The summed E-state index contributed by atoms with van der Waals surface area (Å²) in [7, 11) is 0. The smallest absolute Gasteiger partial charge is 0.145 e. The summed E-state index contributed by atoms with van der Waals surface area (Å²) in [5, 5.41) is 3.37. The van der Waals surface area contributed by atoms with Crippen molar-refractivity contribution in [3.05, 3.63) is 49.1 Å². The molecule has 1 aliphatic rings. The van der Waals surface area contributed by atoms with Crippen LogP contribution in [0.1, 0.15) is 6.42 Å². The van der Waals surface area contributed by atoms with Crippen LogP contribution < -0.4 is 5.32 Å². The Morgan fingerprint density at radius 3 is 3.19 bits per heavy atom. The fourth-order valence-electron chi connectivity index (χ4n) is 1.79. The first-order chi connectivity index (χ1) is 7.92. The summed E-state index contributed by atoms with van der Waals surface area (Å²) in [5.74, 6) is 0.887. The zero-order valence-electron chi connectivity index (χ0n) is 8.74. The Morgan fingerprint density at radius 2 is 2.38 bits per heavy atom. The number of rotatable bonds is 2. The third kappa shape index (κ3) is 1.69. The molecule has 1 aliphatic carbocycles. The molecule has 80 valence electrons. The van der Waals surface area contributed by atoms with Gasteiger partial charge in [0.05, 0.1) is 6.20 Å². The van der Waals surface area contributed by atoms with Crippen molar-refractivity contribution in [3.63, 3.8) is 0 Å². The molecule has 4 heteroatoms. The number of hydrogen-bond donors (Lipinski definition) is 1. The number of nitrogens with zero attached hydrogens (tertiary/aromatic N) is 3. The molecule has 0 saturated carbocycles. The summed E-state index contributed by atoms with van der Waals surface area (Å²) < 4.78 is 1.91. The molecule has 0 aromatic carbocycles. The van der Waals surface area contributed by atoms with Crippen molar-refractivity contribution in [2.45, 2.75) is 12.5 Å². The molecule has 2 aromatic heterocycles. The lowest BCUT2D eigenvalue weighted by molar-refractivity contribution is 0.877. The van der Waals surface area contributed by atoms with E-state index in [1.54, 1.807) is 12.5 Å². The number of fused-ring (bicyclic) bond motifs is 1. The van der Waals surface area contributed by atoms with E-state index in [1.807, 2.05) is 16.7 Å². The molecule has 1 unspecified atom stereocenters. The van der Waals surface area contributed by atoms with Gasteiger partial charge in [-0.15, -0.1) is 0 Å². The Balaban J connectivity index is 1.84. The second-order valence-corrected chi connectivity index (χ2v) is 3.77. The molecule has 4 nitrogen and oxygen atoms in total. The lowest BCUT2D eigenvalue weighted by atomic mass is 10.1. The van der Waals surface area contributed by atoms with E-state index in [9.17, 15) is 0 Å². The van der Waals surface area contributed by atoms with E-state index in [0.29, 0.717) is 6.04 Å². The lowest BCUT2D eigenvalue weighted by Gasteiger charge is -2.13. The lowest BCUT2D eigenvalue weighted by Crippen LogP contribution is -2.16. The normalized spacial score (nSPS) is 19.1. The summed E-state index contributed by atoms with van der Waals surface area (Å²) in [5.41, 5.74) is 0.910. The van der Waals surface area contributed by atoms with Gasteiger partial charge in [0.2, 0.25) is 0 Å². The van der Waals surface area contributed by atoms with Crippen LogP contribution in [0, 0.1) is 0 Å². The van der Waals surface area contributed by atoms with E-state index in [4.69, 9.17) is 0 Å². The van der Waals surface area contributed by atoms with E-state index < -0.39 is 0 Å². The highest BCUT2D eigenvalue weighted by atomic mass is 15.1. The predicted molar refractivity (Wildman–Crippen MR) is 63.3 cm³/mol. The Hall–Kier alpha value is -2.10. The number of aromatic nitrogens is 3. The Morgan fingerprint density at radius 1 is 1.38 bits per heavy atom. The highest BCUT2D eigenvalue weighted by Crippen LogP contribution is 2.13. The minimum absolute atomic E-state index is 0.336. The SMILES string of the molecule is C1=CCC(Nc2cn3cnccc3n2)C=C1. The minimum Gasteiger partial charge on any atom is -0.362 e. The fourth-order valence-corrected chi connectivity index (χ4v) is 1.79. The van der Waals surface area contributed by atoms with E-state index in [-0.39, 0.29) is 0 Å². The minimum atomic E-state index is 0.336. The number of allylic oxidation sites excluding steroid dienone is 2. The van der Waals surface area contributed by atoms with Crippen molar-refractivity contribution in [3.8, 4) is 0 Å². The van der Waals surface area contributed by atoms with Crippen LogP contribution in [0.2, 0.25) is 0 Å². The van der Waals surface area contributed by atoms with Gasteiger partial charge in [0.25, 0.3) is 0 Å². The van der Waals surface area contributed by atoms with Gasteiger partial charge in [0.1, 0.15) is 17.8 Å². The highest BCUT2D eigenvalue weighted by Gasteiger charge is 2.07. The van der Waals surface area contributed by atoms with E-state index >= 15 is 0 Å². The summed E-state index contributed by atoms with van der Waals surface area (Å²) in [4.78, 5) is 8.50. The molecule has 2 heterocycles. The number of hydrogen-bond acceptors (Lipinski definition) is 3. The first kappa shape index (κ1) is 9.15. The molecular formula is C12H12N4. The van der Waals surface area contributed by atoms with Crippen molar-refractivity contribution in [1.29, 1.82) is 0 Å². The predicted octanol–water partition coefficient (Wildman–Crippen LogP) is 2.03. The van der Waals surface area contributed by atoms with Gasteiger partial charge in [-0.25, -0.2) is 9.97 Å². The van der Waals surface area contributed by atoms with Crippen LogP contribution in [0.3, 0.4) is 0 Å². The maximum absolute atomic E-state index is 4.46. The summed E-state index contributed by atoms with van der Waals surface area (Å²) in [6.45, 7) is 0. The Kier molecular flexibility index (Phi) is 2.18. The van der Waals surface area contributed by atoms with E-state index in [1.165, 1.54) is 0 Å². The number of anilines is 1. The molecule has 0 aliphatic heterocycles. The molecule has 1 atom stereocenters. The molecule has 1 N–H and O–H groups in total. The van der Waals surface area contributed by atoms with Crippen molar-refractivity contribution < 1.29 is 0 Å². The van der Waals surface area contributed by atoms with Gasteiger partial charge in [0, 0.05) is 12.2 Å². The van der Waals surface area contributed by atoms with Crippen LogP contribution in [0.25, 0.3) is 5.65 Å². The van der Waals surface area contributed by atoms with Crippen molar-refractivity contribution in [2.24, 2.45) is 0 Å². The average Bonchev–Trinajstić information content (AvgIpc) is 2.72. The van der Waals surface area contributed by atoms with Crippen LogP contribution in [-0.2, 0) is 0 Å². The largest absolute Gasteiger partial charge is 0.362 e. The van der Waals surface area contributed by atoms with Crippen LogP contribution in [0.5, 0.6) is 0 Å². The molecule has 0 bridgehead atoms. The molecular weight excluding hydrogens is 200 g/mol. The summed E-state index contributed by atoms with van der Waals surface area (Å²) >= 11 is 0. The van der Waals surface area contributed by atoms with Gasteiger partial charge in [-0.05, 0) is 12.5 Å². The monoisotopic (exact) mass is 212 g/mol. The highest BCUT2D eigenvalue weighted by molar-refractivity contribution is 5.49. The van der Waals surface area contributed by atoms with E-state index in [0.717, 1.165) is 17.9 Å². The van der Waals surface area contributed by atoms with Crippen LogP contribution >= 0.6 is 0 Å². The van der Waals surface area contributed by atoms with Crippen LogP contribution in [0.4, 0.5) is 5.82 Å². The molecule has 2 aromatic rings. The molecule has 0 spiro atoms. The van der Waals surface area contributed by atoms with Gasteiger partial charge in [-0.3, -0.25) is 4.40 Å². The summed E-state index contributed by atoms with van der Waals surface area (Å²) in [6, 6.07) is 2.23. The third-order valence-electron chi connectivity index (χ3n) is 2.58. The van der Waals surface area contributed by atoms with Crippen LogP contribution in [0.15, 0.2) is 49.1 Å². The number of imidazole rings is 1. The molecule has 0 fully saturated rings. The zero-order chi connectivity index (χ0) is 10.8. The van der Waals surface area contributed by atoms with Gasteiger partial charge in [-0.2, -0.15) is 0 Å². The Labute approximate surface area is 93.3 Å². The molecule has 3 rings (SSSR count). The van der Waals surface area contributed by atoms with Gasteiger partial charge >= 0.3 is 0 Å². The second-order valence-electron chi connectivity index (χ2n) is 3.77. The zero-order valence-corrected chi connectivity index (χ0v) is 8.74. The standard InChI is InChI=1S/C12H12N4/c1-2-4-10(5-3-1)14-11-8-16-9-13-7-6-12(16)15-11/h1-4,6-10,14H,5H2. The van der Waals surface area contributed by atoms with Crippen molar-refractivity contribution in [1.82, 2.24) is 14.4 Å². The fraction of sp³-hybridized carbons (Fsp3) is 0.167. The van der Waals surface area contributed by atoms with Gasteiger partial charge in [-0.1, -0.05) is 24.3 Å². The van der Waals surface area contributed by atoms with Crippen molar-refractivity contribution in [2.75, 3.05) is 5.32 Å². The number of nitrogens with one attached hydrogen (secondary N) is 1. The van der Waals surface area contributed by atoms with Crippen molar-refractivity contribution >= 4 is 11.5 Å². The molecule has 16 heavy (non-hydrogen) atoms. The van der Waals surface area contributed by atoms with Gasteiger partial charge in [0.15, 0.2) is 0 Å². The topological polar surface area (TPSA) is 42.2 Å². The van der Waals surface area contributed by atoms with E-state index in [2.05, 4.69) is 39.6 Å². The molecule has 0 amide bonds. The quantitative estimate of drug-likeness (QED) is 0.828. The maximum Gasteiger partial charge on any atom is 0.145 e. The second kappa shape index (κ2) is 3.81. The average molecular weight is 212 g/mol. The molecule has 0 saturated heterocycles. The van der Waals surface area contributed by atoms with Gasteiger partial charge < -0.3 is 5.32 Å². The van der Waals surface area contributed by atoms with Crippen LogP contribution in [-0.4, -0.2) is 20.4 Å². The third-order valence-corrected chi connectivity index (χ3v) is 2.58. The first-order valence-corrected chi connectivity index (χ1v) is 5.30.